The zero-order valence-electron chi connectivity index (χ0n) is 17.9. The second-order valence-electron chi connectivity index (χ2n) is 8.25. The molecule has 2 amide bonds. The molecule has 0 bridgehead atoms. The third-order valence-electron chi connectivity index (χ3n) is 5.60. The quantitative estimate of drug-likeness (QED) is 0.536. The molecule has 0 saturated carbocycles. The maximum atomic E-state index is 13.4. The summed E-state index contributed by atoms with van der Waals surface area (Å²) < 4.78 is 0.811. The second-order valence-corrected chi connectivity index (χ2v) is 9.10. The lowest BCUT2D eigenvalue weighted by Crippen LogP contribution is -2.37. The molecule has 30 heavy (non-hydrogen) atoms. The van der Waals surface area contributed by atoms with Gasteiger partial charge in [-0.1, -0.05) is 63.4 Å². The predicted octanol–water partition coefficient (Wildman–Crippen LogP) is 6.04. The minimum absolute atomic E-state index is 0.0241. The highest BCUT2D eigenvalue weighted by atomic mass is 79.9. The molecule has 0 spiro atoms. The topological polar surface area (TPSA) is 40.6 Å². The van der Waals surface area contributed by atoms with Gasteiger partial charge in [-0.05, 0) is 52.5 Å². The number of nitrogens with zero attached hydrogens (tertiary/aromatic N) is 2. The number of benzene rings is 2. The molecule has 0 radical (unpaired) electrons. The lowest BCUT2D eigenvalue weighted by atomic mass is 10.0. The Bertz CT molecular complexity index is 881. The average Bonchev–Trinajstić information content (AvgIpc) is 2.73. The van der Waals surface area contributed by atoms with Gasteiger partial charge in [0.2, 0.25) is 5.91 Å². The number of carbonyl (C=O) groups is 2. The Kier molecular flexibility index (Phi) is 8.08. The molecule has 4 nitrogen and oxygen atoms in total. The number of carbonyl (C=O) groups excluding carboxylic acids is 2. The van der Waals surface area contributed by atoms with E-state index in [9.17, 15) is 9.59 Å². The van der Waals surface area contributed by atoms with Gasteiger partial charge in [0.1, 0.15) is 0 Å². The largest absolute Gasteiger partial charge is 0.334 e. The minimum atomic E-state index is -0.0658. The van der Waals surface area contributed by atoms with Crippen LogP contribution in [0, 0.1) is 5.92 Å². The van der Waals surface area contributed by atoms with E-state index in [0.717, 1.165) is 54.4 Å². The van der Waals surface area contributed by atoms with Crippen molar-refractivity contribution < 1.29 is 9.59 Å². The molecule has 160 valence electrons. The van der Waals surface area contributed by atoms with Crippen molar-refractivity contribution in [3.8, 4) is 0 Å². The first kappa shape index (κ1) is 22.5. The highest BCUT2D eigenvalue weighted by Gasteiger charge is 2.24. The number of halogens is 1. The Balaban J connectivity index is 1.97. The summed E-state index contributed by atoms with van der Waals surface area (Å²) in [6.45, 7) is 5.84. The van der Waals surface area contributed by atoms with Crippen molar-refractivity contribution in [3.05, 3.63) is 64.1 Å². The molecular weight excluding hydrogens is 440 g/mol. The zero-order chi connectivity index (χ0) is 21.5. The Morgan fingerprint density at radius 3 is 2.23 bits per heavy atom. The van der Waals surface area contributed by atoms with Gasteiger partial charge in [0.25, 0.3) is 5.91 Å². The van der Waals surface area contributed by atoms with Crippen LogP contribution in [0.15, 0.2) is 53.0 Å². The standard InChI is InChI=1S/C25H31BrN2O2/c1-19(2)24(29)28-17-11-5-3-4-10-16-27(18-20-12-6-9-15-23(20)28)25(30)21-13-7-8-14-22(21)26/h6-9,12-15,19H,3-5,10-11,16-18H2,1-2H3. The summed E-state index contributed by atoms with van der Waals surface area (Å²) in [6.07, 6.45) is 5.32. The summed E-state index contributed by atoms with van der Waals surface area (Å²) in [4.78, 5) is 30.2. The van der Waals surface area contributed by atoms with Crippen LogP contribution in [0.5, 0.6) is 0 Å². The van der Waals surface area contributed by atoms with Crippen molar-refractivity contribution in [3.63, 3.8) is 0 Å². The van der Waals surface area contributed by atoms with E-state index in [1.54, 1.807) is 0 Å². The van der Waals surface area contributed by atoms with Crippen LogP contribution >= 0.6 is 15.9 Å². The van der Waals surface area contributed by atoms with Crippen LogP contribution < -0.4 is 4.90 Å². The van der Waals surface area contributed by atoms with Gasteiger partial charge in [-0.2, -0.15) is 0 Å². The molecule has 1 heterocycles. The Morgan fingerprint density at radius 1 is 0.867 bits per heavy atom. The lowest BCUT2D eigenvalue weighted by molar-refractivity contribution is -0.121. The van der Waals surface area contributed by atoms with E-state index in [4.69, 9.17) is 0 Å². The Hall–Kier alpha value is -2.14. The van der Waals surface area contributed by atoms with Crippen LogP contribution in [-0.4, -0.2) is 29.8 Å². The fourth-order valence-corrected chi connectivity index (χ4v) is 4.39. The molecule has 0 unspecified atom stereocenters. The van der Waals surface area contributed by atoms with Crippen LogP contribution in [0.25, 0.3) is 0 Å². The van der Waals surface area contributed by atoms with Crippen molar-refractivity contribution in [2.45, 2.75) is 52.5 Å². The molecule has 0 fully saturated rings. The molecule has 2 aromatic rings. The van der Waals surface area contributed by atoms with Gasteiger partial charge in [-0.25, -0.2) is 0 Å². The van der Waals surface area contributed by atoms with E-state index in [1.807, 2.05) is 72.2 Å². The monoisotopic (exact) mass is 470 g/mol. The molecule has 1 aliphatic rings. The van der Waals surface area contributed by atoms with Gasteiger partial charge in [-0.15, -0.1) is 0 Å². The molecule has 0 saturated heterocycles. The number of fused-ring (bicyclic) bond motifs is 1. The normalized spacial score (nSPS) is 15.9. The number of para-hydroxylation sites is 1. The van der Waals surface area contributed by atoms with Crippen molar-refractivity contribution >= 4 is 33.4 Å². The first-order valence-corrected chi connectivity index (χ1v) is 11.7. The molecule has 2 aromatic carbocycles. The van der Waals surface area contributed by atoms with Crippen molar-refractivity contribution in [1.82, 2.24) is 4.90 Å². The lowest BCUT2D eigenvalue weighted by Gasteiger charge is -2.30. The van der Waals surface area contributed by atoms with Crippen LogP contribution in [0.2, 0.25) is 0 Å². The van der Waals surface area contributed by atoms with Gasteiger partial charge >= 0.3 is 0 Å². The van der Waals surface area contributed by atoms with E-state index >= 15 is 0 Å². The summed E-state index contributed by atoms with van der Waals surface area (Å²) in [6, 6.07) is 15.6. The SMILES string of the molecule is CC(C)C(=O)N1CCCCCCCN(C(=O)c2ccccc2Br)Cc2ccccc21. The molecule has 0 atom stereocenters. The summed E-state index contributed by atoms with van der Waals surface area (Å²) >= 11 is 3.53. The molecule has 5 heteroatoms. The Labute approximate surface area is 188 Å². The maximum absolute atomic E-state index is 13.4. The van der Waals surface area contributed by atoms with Crippen molar-refractivity contribution in [2.75, 3.05) is 18.0 Å². The number of rotatable bonds is 2. The average molecular weight is 471 g/mol. The highest BCUT2D eigenvalue weighted by molar-refractivity contribution is 9.10. The first-order valence-electron chi connectivity index (χ1n) is 10.9. The van der Waals surface area contributed by atoms with E-state index in [1.165, 1.54) is 0 Å². The van der Waals surface area contributed by atoms with Crippen LogP contribution in [0.3, 0.4) is 0 Å². The third kappa shape index (κ3) is 5.51. The fraction of sp³-hybridized carbons (Fsp3) is 0.440. The van der Waals surface area contributed by atoms with Gasteiger partial charge < -0.3 is 9.80 Å². The highest BCUT2D eigenvalue weighted by Crippen LogP contribution is 2.27. The summed E-state index contributed by atoms with van der Waals surface area (Å²) in [5.41, 5.74) is 2.63. The molecule has 0 N–H and O–H groups in total. The van der Waals surface area contributed by atoms with E-state index in [2.05, 4.69) is 15.9 Å². The van der Waals surface area contributed by atoms with E-state index < -0.39 is 0 Å². The molecular formula is C25H31BrN2O2. The predicted molar refractivity (Wildman–Crippen MR) is 126 cm³/mol. The summed E-state index contributed by atoms with van der Waals surface area (Å²) in [5, 5.41) is 0. The molecule has 3 rings (SSSR count). The number of hydrogen-bond acceptors (Lipinski definition) is 2. The van der Waals surface area contributed by atoms with E-state index in [-0.39, 0.29) is 17.7 Å². The van der Waals surface area contributed by atoms with Crippen molar-refractivity contribution in [2.24, 2.45) is 5.92 Å². The number of anilines is 1. The van der Waals surface area contributed by atoms with Gasteiger partial charge in [-0.3, -0.25) is 9.59 Å². The third-order valence-corrected chi connectivity index (χ3v) is 6.30. The minimum Gasteiger partial charge on any atom is -0.334 e. The van der Waals surface area contributed by atoms with E-state index in [0.29, 0.717) is 18.7 Å². The van der Waals surface area contributed by atoms with Gasteiger partial charge in [0.05, 0.1) is 5.56 Å². The summed E-state index contributed by atoms with van der Waals surface area (Å²) in [7, 11) is 0. The summed E-state index contributed by atoms with van der Waals surface area (Å²) in [5.74, 6) is 0.100. The van der Waals surface area contributed by atoms with Crippen LogP contribution in [-0.2, 0) is 11.3 Å². The van der Waals surface area contributed by atoms with Gasteiger partial charge in [0, 0.05) is 35.7 Å². The number of hydrogen-bond donors (Lipinski definition) is 0. The fourth-order valence-electron chi connectivity index (χ4n) is 3.93. The van der Waals surface area contributed by atoms with Crippen molar-refractivity contribution in [1.29, 1.82) is 0 Å². The smallest absolute Gasteiger partial charge is 0.255 e. The van der Waals surface area contributed by atoms with Gasteiger partial charge in [0.15, 0.2) is 0 Å². The maximum Gasteiger partial charge on any atom is 0.255 e. The number of amides is 2. The Morgan fingerprint density at radius 2 is 1.50 bits per heavy atom. The molecule has 1 aliphatic heterocycles. The van der Waals surface area contributed by atoms with Crippen LogP contribution in [0.4, 0.5) is 5.69 Å². The molecule has 0 aliphatic carbocycles. The molecule has 0 aromatic heterocycles. The zero-order valence-corrected chi connectivity index (χ0v) is 19.5. The first-order chi connectivity index (χ1) is 14.5. The second kappa shape index (κ2) is 10.8. The van der Waals surface area contributed by atoms with Crippen LogP contribution in [0.1, 0.15) is 61.9 Å².